The van der Waals surface area contributed by atoms with E-state index >= 15 is 0 Å². The first-order valence-corrected chi connectivity index (χ1v) is 9.74. The summed E-state index contributed by atoms with van der Waals surface area (Å²) < 4.78 is 24.9. The molecule has 0 bridgehead atoms. The summed E-state index contributed by atoms with van der Waals surface area (Å²) >= 11 is 12.4. The van der Waals surface area contributed by atoms with Gasteiger partial charge in [-0.15, -0.1) is 10.2 Å². The third kappa shape index (κ3) is 4.25. The summed E-state index contributed by atoms with van der Waals surface area (Å²) in [6, 6.07) is 17.8. The van der Waals surface area contributed by atoms with Crippen LogP contribution in [0.25, 0.3) is 11.5 Å². The number of hydrogen-bond acceptors (Lipinski definition) is 5. The fraction of sp³-hybridized carbons (Fsp3) is 0.0909. The summed E-state index contributed by atoms with van der Waals surface area (Å²) in [5.41, 5.74) is 1.96. The number of benzene rings is 3. The molecule has 0 unspecified atom stereocenters. The van der Waals surface area contributed by atoms with Crippen LogP contribution in [0.2, 0.25) is 10.0 Å². The van der Waals surface area contributed by atoms with Gasteiger partial charge in [-0.25, -0.2) is 4.39 Å². The number of methoxy groups -OCH3 is 1. The van der Waals surface area contributed by atoms with Crippen molar-refractivity contribution in [3.8, 4) is 17.2 Å². The number of anilines is 1. The van der Waals surface area contributed by atoms with Gasteiger partial charge in [0.05, 0.1) is 23.4 Å². The molecular formula is C22H16Cl2FN3O2. The summed E-state index contributed by atoms with van der Waals surface area (Å²) in [7, 11) is 1.56. The maximum atomic E-state index is 13.5. The van der Waals surface area contributed by atoms with Gasteiger partial charge in [0.25, 0.3) is 0 Å². The fourth-order valence-electron chi connectivity index (χ4n) is 2.99. The highest BCUT2D eigenvalue weighted by molar-refractivity contribution is 6.33. The molecule has 0 spiro atoms. The van der Waals surface area contributed by atoms with Crippen LogP contribution in [0.5, 0.6) is 5.75 Å². The Morgan fingerprint density at radius 3 is 2.50 bits per heavy atom. The molecule has 152 valence electrons. The second-order valence-electron chi connectivity index (χ2n) is 6.40. The van der Waals surface area contributed by atoms with Crippen molar-refractivity contribution in [1.29, 1.82) is 0 Å². The molecule has 3 aromatic carbocycles. The standard InChI is InChI=1S/C22H16Cl2FN3O2/c1-29-19-11-8-14(23)12-18(19)26-20(13-6-9-15(25)10-7-13)22-28-27-21(30-22)16-4-2-3-5-17(16)24/h2-12,20,26H,1H3/t20-/m0/s1. The average molecular weight is 444 g/mol. The summed E-state index contributed by atoms with van der Waals surface area (Å²) in [5.74, 6) is 0.790. The first-order chi connectivity index (χ1) is 14.5. The van der Waals surface area contributed by atoms with Gasteiger partial charge in [0.15, 0.2) is 0 Å². The van der Waals surface area contributed by atoms with Gasteiger partial charge in [-0.05, 0) is 48.0 Å². The van der Waals surface area contributed by atoms with Gasteiger partial charge in [-0.3, -0.25) is 0 Å². The Balaban J connectivity index is 1.76. The Hall–Kier alpha value is -3.09. The highest BCUT2D eigenvalue weighted by atomic mass is 35.5. The molecule has 1 heterocycles. The second kappa shape index (κ2) is 8.73. The normalized spacial score (nSPS) is 11.9. The topological polar surface area (TPSA) is 60.2 Å². The van der Waals surface area contributed by atoms with Crippen molar-refractivity contribution < 1.29 is 13.5 Å². The van der Waals surface area contributed by atoms with Crippen LogP contribution in [-0.2, 0) is 0 Å². The Morgan fingerprint density at radius 2 is 1.77 bits per heavy atom. The van der Waals surface area contributed by atoms with Gasteiger partial charge in [-0.2, -0.15) is 0 Å². The average Bonchev–Trinajstić information content (AvgIpc) is 3.23. The van der Waals surface area contributed by atoms with Crippen molar-refractivity contribution in [3.05, 3.63) is 94.0 Å². The molecular weight excluding hydrogens is 428 g/mol. The molecule has 5 nitrogen and oxygen atoms in total. The minimum Gasteiger partial charge on any atom is -0.495 e. The minimum atomic E-state index is -0.582. The van der Waals surface area contributed by atoms with E-state index in [9.17, 15) is 4.39 Å². The van der Waals surface area contributed by atoms with Gasteiger partial charge < -0.3 is 14.5 Å². The maximum absolute atomic E-state index is 13.5. The minimum absolute atomic E-state index is 0.276. The van der Waals surface area contributed by atoms with Crippen LogP contribution in [0.1, 0.15) is 17.5 Å². The summed E-state index contributed by atoms with van der Waals surface area (Å²) in [4.78, 5) is 0. The van der Waals surface area contributed by atoms with Gasteiger partial charge in [-0.1, -0.05) is 47.5 Å². The molecule has 8 heteroatoms. The van der Waals surface area contributed by atoms with Gasteiger partial charge in [0.2, 0.25) is 11.8 Å². The molecule has 0 aliphatic heterocycles. The van der Waals surface area contributed by atoms with E-state index in [1.54, 1.807) is 49.6 Å². The fourth-order valence-corrected chi connectivity index (χ4v) is 3.37. The molecule has 0 saturated heterocycles. The zero-order chi connectivity index (χ0) is 21.1. The number of hydrogen-bond donors (Lipinski definition) is 1. The number of aromatic nitrogens is 2. The molecule has 30 heavy (non-hydrogen) atoms. The second-order valence-corrected chi connectivity index (χ2v) is 7.24. The Kier molecular flexibility index (Phi) is 5.88. The van der Waals surface area contributed by atoms with Crippen LogP contribution >= 0.6 is 23.2 Å². The van der Waals surface area contributed by atoms with Crippen LogP contribution in [0, 0.1) is 5.82 Å². The summed E-state index contributed by atoms with van der Waals surface area (Å²) in [6.07, 6.45) is 0. The Bertz CT molecular complexity index is 1170. The van der Waals surface area contributed by atoms with Crippen LogP contribution in [0.15, 0.2) is 71.1 Å². The van der Waals surface area contributed by atoms with Gasteiger partial charge >= 0.3 is 0 Å². The van der Waals surface area contributed by atoms with Crippen LogP contribution in [0.3, 0.4) is 0 Å². The smallest absolute Gasteiger partial charge is 0.249 e. The van der Waals surface area contributed by atoms with E-state index in [0.29, 0.717) is 32.6 Å². The predicted molar refractivity (Wildman–Crippen MR) is 115 cm³/mol. The molecule has 1 aromatic heterocycles. The number of nitrogens with zero attached hydrogens (tertiary/aromatic N) is 2. The highest BCUT2D eigenvalue weighted by Crippen LogP contribution is 2.35. The first-order valence-electron chi connectivity index (χ1n) is 8.99. The number of rotatable bonds is 6. The molecule has 0 saturated carbocycles. The third-order valence-electron chi connectivity index (χ3n) is 4.46. The van der Waals surface area contributed by atoms with Crippen molar-refractivity contribution in [3.63, 3.8) is 0 Å². The molecule has 1 atom stereocenters. The van der Waals surface area contributed by atoms with Crippen molar-refractivity contribution in [2.24, 2.45) is 0 Å². The lowest BCUT2D eigenvalue weighted by Crippen LogP contribution is -2.13. The molecule has 0 aliphatic rings. The lowest BCUT2D eigenvalue weighted by molar-refractivity contribution is 0.415. The zero-order valence-electron chi connectivity index (χ0n) is 15.8. The van der Waals surface area contributed by atoms with Crippen molar-refractivity contribution >= 4 is 28.9 Å². The molecule has 4 aromatic rings. The molecule has 0 amide bonds. The Labute approximate surface area is 182 Å². The van der Waals surface area contributed by atoms with E-state index in [1.165, 1.54) is 12.1 Å². The largest absolute Gasteiger partial charge is 0.495 e. The maximum Gasteiger partial charge on any atom is 0.249 e. The first kappa shape index (κ1) is 20.2. The van der Waals surface area contributed by atoms with Crippen LogP contribution in [0.4, 0.5) is 10.1 Å². The number of ether oxygens (including phenoxy) is 1. The SMILES string of the molecule is COc1ccc(Cl)cc1N[C@@H](c1ccc(F)cc1)c1nnc(-c2ccccc2Cl)o1. The van der Waals surface area contributed by atoms with E-state index in [2.05, 4.69) is 15.5 Å². The molecule has 0 aliphatic carbocycles. The van der Waals surface area contributed by atoms with Crippen molar-refractivity contribution in [1.82, 2.24) is 10.2 Å². The van der Waals surface area contributed by atoms with Crippen molar-refractivity contribution in [2.45, 2.75) is 6.04 Å². The van der Waals surface area contributed by atoms with Crippen LogP contribution in [-0.4, -0.2) is 17.3 Å². The third-order valence-corrected chi connectivity index (χ3v) is 5.02. The molecule has 4 rings (SSSR count). The lowest BCUT2D eigenvalue weighted by Gasteiger charge is -2.19. The van der Waals surface area contributed by atoms with Gasteiger partial charge in [0, 0.05) is 5.02 Å². The van der Waals surface area contributed by atoms with E-state index in [-0.39, 0.29) is 17.6 Å². The number of halogens is 3. The van der Waals surface area contributed by atoms with E-state index in [1.807, 2.05) is 12.1 Å². The van der Waals surface area contributed by atoms with Crippen LogP contribution < -0.4 is 10.1 Å². The quantitative estimate of drug-likeness (QED) is 0.373. The molecule has 0 fully saturated rings. The predicted octanol–water partition coefficient (Wildman–Crippen LogP) is 6.39. The van der Waals surface area contributed by atoms with E-state index < -0.39 is 6.04 Å². The molecule has 0 radical (unpaired) electrons. The zero-order valence-corrected chi connectivity index (χ0v) is 17.3. The number of nitrogens with one attached hydrogen (secondary N) is 1. The lowest BCUT2D eigenvalue weighted by atomic mass is 10.1. The summed E-state index contributed by atoms with van der Waals surface area (Å²) in [5, 5.41) is 12.7. The van der Waals surface area contributed by atoms with Gasteiger partial charge in [0.1, 0.15) is 17.6 Å². The Morgan fingerprint density at radius 1 is 1.00 bits per heavy atom. The van der Waals surface area contributed by atoms with E-state index in [0.717, 1.165) is 0 Å². The van der Waals surface area contributed by atoms with E-state index in [4.69, 9.17) is 32.4 Å². The molecule has 1 N–H and O–H groups in total. The van der Waals surface area contributed by atoms with Crippen molar-refractivity contribution in [2.75, 3.05) is 12.4 Å². The highest BCUT2D eigenvalue weighted by Gasteiger charge is 2.23. The summed E-state index contributed by atoms with van der Waals surface area (Å²) in [6.45, 7) is 0. The monoisotopic (exact) mass is 443 g/mol.